The average Bonchev–Trinajstić information content (AvgIpc) is 2.64. The Morgan fingerprint density at radius 2 is 1.81 bits per heavy atom. The largest absolute Gasteiger partial charge is 0.388 e. The van der Waals surface area contributed by atoms with Gasteiger partial charge in [0.15, 0.2) is 0 Å². The lowest BCUT2D eigenvalue weighted by atomic mass is 9.78. The Labute approximate surface area is 155 Å². The topological polar surface area (TPSA) is 69.6 Å². The monoisotopic (exact) mass is 358 g/mol. The molecule has 0 bridgehead atoms. The molecule has 1 aliphatic heterocycles. The van der Waals surface area contributed by atoms with Crippen LogP contribution in [0.15, 0.2) is 30.3 Å². The molecule has 2 fully saturated rings. The number of benzene rings is 1. The van der Waals surface area contributed by atoms with E-state index in [1.54, 1.807) is 6.92 Å². The van der Waals surface area contributed by atoms with Gasteiger partial charge in [-0.2, -0.15) is 0 Å². The van der Waals surface area contributed by atoms with Gasteiger partial charge in [0.25, 0.3) is 0 Å². The second-order valence-corrected chi connectivity index (χ2v) is 8.01. The molecule has 5 nitrogen and oxygen atoms in total. The number of aliphatic hydroxyl groups is 1. The van der Waals surface area contributed by atoms with E-state index in [2.05, 4.69) is 5.32 Å². The molecule has 1 aromatic carbocycles. The summed E-state index contributed by atoms with van der Waals surface area (Å²) < 4.78 is 0. The Morgan fingerprint density at radius 3 is 2.42 bits per heavy atom. The molecule has 1 heterocycles. The van der Waals surface area contributed by atoms with Gasteiger partial charge in [-0.1, -0.05) is 49.6 Å². The van der Waals surface area contributed by atoms with E-state index < -0.39 is 11.6 Å². The molecule has 26 heavy (non-hydrogen) atoms. The van der Waals surface area contributed by atoms with Crippen molar-refractivity contribution < 1.29 is 14.7 Å². The van der Waals surface area contributed by atoms with Gasteiger partial charge in [-0.3, -0.25) is 9.59 Å². The van der Waals surface area contributed by atoms with Gasteiger partial charge in [-0.25, -0.2) is 0 Å². The van der Waals surface area contributed by atoms with E-state index in [0.29, 0.717) is 13.0 Å². The SMILES string of the molecule is CC(=O)NC1C(c2ccccc2)N(C(=O)C2CCCCC2)CCC1(C)O. The molecule has 1 aromatic rings. The van der Waals surface area contributed by atoms with Gasteiger partial charge < -0.3 is 15.3 Å². The first kappa shape index (κ1) is 18.9. The van der Waals surface area contributed by atoms with Crippen LogP contribution < -0.4 is 5.32 Å². The van der Waals surface area contributed by atoms with Crippen molar-refractivity contribution in [1.29, 1.82) is 0 Å². The smallest absolute Gasteiger partial charge is 0.226 e. The molecular weight excluding hydrogens is 328 g/mol. The van der Waals surface area contributed by atoms with E-state index in [1.807, 2.05) is 35.2 Å². The zero-order valence-electron chi connectivity index (χ0n) is 15.8. The van der Waals surface area contributed by atoms with Crippen molar-refractivity contribution in [3.8, 4) is 0 Å². The summed E-state index contributed by atoms with van der Waals surface area (Å²) in [5, 5.41) is 13.9. The van der Waals surface area contributed by atoms with E-state index in [9.17, 15) is 14.7 Å². The number of carbonyl (C=O) groups excluding carboxylic acids is 2. The first-order valence-corrected chi connectivity index (χ1v) is 9.75. The van der Waals surface area contributed by atoms with E-state index in [0.717, 1.165) is 31.2 Å². The highest BCUT2D eigenvalue weighted by molar-refractivity contribution is 5.80. The maximum atomic E-state index is 13.3. The van der Waals surface area contributed by atoms with Gasteiger partial charge in [0.2, 0.25) is 11.8 Å². The highest BCUT2D eigenvalue weighted by Crippen LogP contribution is 2.39. The minimum absolute atomic E-state index is 0.0657. The summed E-state index contributed by atoms with van der Waals surface area (Å²) in [4.78, 5) is 27.0. The highest BCUT2D eigenvalue weighted by atomic mass is 16.3. The van der Waals surface area contributed by atoms with Crippen LogP contribution in [0.5, 0.6) is 0 Å². The van der Waals surface area contributed by atoms with Crippen LogP contribution in [0.4, 0.5) is 0 Å². The van der Waals surface area contributed by atoms with E-state index in [4.69, 9.17) is 0 Å². The summed E-state index contributed by atoms with van der Waals surface area (Å²) >= 11 is 0. The normalized spacial score (nSPS) is 30.0. The predicted octanol–water partition coefficient (Wildman–Crippen LogP) is 2.80. The Kier molecular flexibility index (Phi) is 5.66. The molecule has 2 amide bonds. The molecule has 0 aromatic heterocycles. The zero-order valence-corrected chi connectivity index (χ0v) is 15.8. The van der Waals surface area contributed by atoms with Crippen LogP contribution in [0, 0.1) is 5.92 Å². The first-order chi connectivity index (χ1) is 12.4. The molecule has 5 heteroatoms. The lowest BCUT2D eigenvalue weighted by Gasteiger charge is -2.50. The Balaban J connectivity index is 1.96. The van der Waals surface area contributed by atoms with Gasteiger partial charge in [-0.15, -0.1) is 0 Å². The van der Waals surface area contributed by atoms with Gasteiger partial charge >= 0.3 is 0 Å². The number of nitrogens with one attached hydrogen (secondary N) is 1. The zero-order chi connectivity index (χ0) is 18.7. The first-order valence-electron chi connectivity index (χ1n) is 9.75. The lowest BCUT2D eigenvalue weighted by Crippen LogP contribution is -2.63. The molecule has 2 aliphatic rings. The molecule has 2 N–H and O–H groups in total. The fourth-order valence-electron chi connectivity index (χ4n) is 4.47. The standard InChI is InChI=1S/C21H30N2O3/c1-15(24)22-19-18(16-9-5-3-6-10-16)23(14-13-21(19,2)26)20(25)17-11-7-4-8-12-17/h3,5-6,9-10,17-19,26H,4,7-8,11-14H2,1-2H3,(H,22,24). The summed E-state index contributed by atoms with van der Waals surface area (Å²) in [6.07, 6.45) is 5.76. The number of amides is 2. The maximum Gasteiger partial charge on any atom is 0.226 e. The Bertz CT molecular complexity index is 638. The number of nitrogens with zero attached hydrogens (tertiary/aromatic N) is 1. The molecule has 142 valence electrons. The summed E-state index contributed by atoms with van der Waals surface area (Å²) in [7, 11) is 0. The second kappa shape index (κ2) is 7.78. The van der Waals surface area contributed by atoms with Crippen LogP contribution in [-0.4, -0.2) is 40.0 Å². The number of hydrogen-bond donors (Lipinski definition) is 2. The van der Waals surface area contributed by atoms with Crippen molar-refractivity contribution in [2.24, 2.45) is 5.92 Å². The summed E-state index contributed by atoms with van der Waals surface area (Å²) in [6, 6.07) is 8.89. The number of likely N-dealkylation sites (tertiary alicyclic amines) is 1. The van der Waals surface area contributed by atoms with Crippen molar-refractivity contribution in [3.05, 3.63) is 35.9 Å². The van der Waals surface area contributed by atoms with Crippen LogP contribution in [0.3, 0.4) is 0 Å². The van der Waals surface area contributed by atoms with Crippen LogP contribution >= 0.6 is 0 Å². The molecule has 3 rings (SSSR count). The van der Waals surface area contributed by atoms with Crippen molar-refractivity contribution in [3.63, 3.8) is 0 Å². The predicted molar refractivity (Wildman–Crippen MR) is 100 cm³/mol. The number of carbonyl (C=O) groups is 2. The molecule has 1 aliphatic carbocycles. The summed E-state index contributed by atoms with van der Waals surface area (Å²) in [6.45, 7) is 3.73. The minimum atomic E-state index is -1.06. The highest BCUT2D eigenvalue weighted by Gasteiger charge is 2.48. The summed E-state index contributed by atoms with van der Waals surface area (Å²) in [5.41, 5.74) is -0.106. The van der Waals surface area contributed by atoms with E-state index >= 15 is 0 Å². The third kappa shape index (κ3) is 3.93. The van der Waals surface area contributed by atoms with Gasteiger partial charge in [0.05, 0.1) is 17.7 Å². The molecule has 0 spiro atoms. The summed E-state index contributed by atoms with van der Waals surface area (Å²) in [5.74, 6) is 0.0450. The number of hydrogen-bond acceptors (Lipinski definition) is 3. The van der Waals surface area contributed by atoms with Crippen LogP contribution in [0.2, 0.25) is 0 Å². The third-order valence-corrected chi connectivity index (χ3v) is 5.92. The molecule has 0 radical (unpaired) electrons. The molecule has 1 saturated carbocycles. The van der Waals surface area contributed by atoms with E-state index in [-0.39, 0.29) is 23.8 Å². The molecular formula is C21H30N2O3. The second-order valence-electron chi connectivity index (χ2n) is 8.01. The van der Waals surface area contributed by atoms with Gasteiger partial charge in [0.1, 0.15) is 0 Å². The van der Waals surface area contributed by atoms with Crippen molar-refractivity contribution >= 4 is 11.8 Å². The van der Waals surface area contributed by atoms with Crippen LogP contribution in [-0.2, 0) is 9.59 Å². The van der Waals surface area contributed by atoms with Crippen molar-refractivity contribution in [1.82, 2.24) is 10.2 Å². The number of piperidine rings is 1. The minimum Gasteiger partial charge on any atom is -0.388 e. The van der Waals surface area contributed by atoms with Crippen LogP contribution in [0.25, 0.3) is 0 Å². The third-order valence-electron chi connectivity index (χ3n) is 5.92. The number of rotatable bonds is 3. The van der Waals surface area contributed by atoms with Gasteiger partial charge in [-0.05, 0) is 31.7 Å². The molecule has 1 saturated heterocycles. The fraction of sp³-hybridized carbons (Fsp3) is 0.619. The lowest BCUT2D eigenvalue weighted by molar-refractivity contribution is -0.150. The maximum absolute atomic E-state index is 13.3. The molecule has 3 unspecified atom stereocenters. The van der Waals surface area contributed by atoms with Crippen LogP contribution in [0.1, 0.15) is 64.0 Å². The average molecular weight is 358 g/mol. The Morgan fingerprint density at radius 1 is 1.15 bits per heavy atom. The van der Waals surface area contributed by atoms with Gasteiger partial charge in [0, 0.05) is 19.4 Å². The van der Waals surface area contributed by atoms with Crippen molar-refractivity contribution in [2.45, 2.75) is 70.1 Å². The quantitative estimate of drug-likeness (QED) is 0.873. The van der Waals surface area contributed by atoms with Crippen molar-refractivity contribution in [2.75, 3.05) is 6.54 Å². The molecule has 3 atom stereocenters. The Hall–Kier alpha value is -1.88. The fourth-order valence-corrected chi connectivity index (χ4v) is 4.47. The van der Waals surface area contributed by atoms with E-state index in [1.165, 1.54) is 13.3 Å².